The zero-order valence-corrected chi connectivity index (χ0v) is 11.7. The van der Waals surface area contributed by atoms with Crippen LogP contribution in [0.3, 0.4) is 0 Å². The molecule has 0 aromatic heterocycles. The standard InChI is InChI=1S/C14H24N2O/c1-13(2,3)15-10-7-8-12(17)11(9-10)16-14(4,5)6/h7-9,15-17H,1-6H3. The number of phenolic OH excluding ortho intramolecular Hbond substituents is 1. The lowest BCUT2D eigenvalue weighted by atomic mass is 10.1. The van der Waals surface area contributed by atoms with Gasteiger partial charge in [0.15, 0.2) is 0 Å². The van der Waals surface area contributed by atoms with E-state index in [4.69, 9.17) is 0 Å². The molecule has 1 aromatic carbocycles. The molecule has 0 spiro atoms. The number of hydrogen-bond donors (Lipinski definition) is 3. The minimum Gasteiger partial charge on any atom is -0.506 e. The normalized spacial score (nSPS) is 12.4. The van der Waals surface area contributed by atoms with E-state index in [0.717, 1.165) is 11.4 Å². The van der Waals surface area contributed by atoms with Crippen LogP contribution in [-0.4, -0.2) is 16.2 Å². The number of aromatic hydroxyl groups is 1. The largest absolute Gasteiger partial charge is 0.506 e. The molecule has 3 heteroatoms. The molecular formula is C14H24N2O. The van der Waals surface area contributed by atoms with Crippen LogP contribution in [0.4, 0.5) is 11.4 Å². The molecule has 96 valence electrons. The number of hydrogen-bond acceptors (Lipinski definition) is 3. The highest BCUT2D eigenvalue weighted by molar-refractivity contribution is 5.65. The molecule has 0 unspecified atom stereocenters. The maximum Gasteiger partial charge on any atom is 0.138 e. The molecule has 0 bridgehead atoms. The van der Waals surface area contributed by atoms with Crippen LogP contribution >= 0.6 is 0 Å². The molecule has 3 N–H and O–H groups in total. The summed E-state index contributed by atoms with van der Waals surface area (Å²) in [5, 5.41) is 16.5. The summed E-state index contributed by atoms with van der Waals surface area (Å²) < 4.78 is 0. The molecule has 0 aliphatic heterocycles. The molecule has 0 saturated heterocycles. The van der Waals surface area contributed by atoms with Crippen molar-refractivity contribution in [2.75, 3.05) is 10.6 Å². The second-order valence-electron chi connectivity index (χ2n) is 6.48. The molecule has 0 heterocycles. The summed E-state index contributed by atoms with van der Waals surface area (Å²) in [4.78, 5) is 0. The van der Waals surface area contributed by atoms with Gasteiger partial charge in [0.1, 0.15) is 5.75 Å². The maximum atomic E-state index is 9.81. The van der Waals surface area contributed by atoms with E-state index in [1.165, 1.54) is 0 Å². The van der Waals surface area contributed by atoms with E-state index in [0.29, 0.717) is 0 Å². The summed E-state index contributed by atoms with van der Waals surface area (Å²) >= 11 is 0. The number of rotatable bonds is 2. The molecular weight excluding hydrogens is 212 g/mol. The summed E-state index contributed by atoms with van der Waals surface area (Å²) in [6.07, 6.45) is 0. The van der Waals surface area contributed by atoms with Gasteiger partial charge < -0.3 is 15.7 Å². The quantitative estimate of drug-likeness (QED) is 0.540. The molecule has 0 radical (unpaired) electrons. The van der Waals surface area contributed by atoms with Crippen molar-refractivity contribution in [3.8, 4) is 5.75 Å². The van der Waals surface area contributed by atoms with E-state index in [9.17, 15) is 5.11 Å². The Morgan fingerprint density at radius 3 is 1.88 bits per heavy atom. The van der Waals surface area contributed by atoms with Crippen LogP contribution in [-0.2, 0) is 0 Å². The number of benzene rings is 1. The van der Waals surface area contributed by atoms with Gasteiger partial charge in [-0.25, -0.2) is 0 Å². The highest BCUT2D eigenvalue weighted by atomic mass is 16.3. The van der Waals surface area contributed by atoms with E-state index in [1.807, 2.05) is 12.1 Å². The second-order valence-corrected chi connectivity index (χ2v) is 6.48. The number of anilines is 2. The highest BCUT2D eigenvalue weighted by Gasteiger charge is 2.14. The van der Waals surface area contributed by atoms with Gasteiger partial charge in [-0.05, 0) is 59.7 Å². The minimum atomic E-state index is -0.0716. The fraction of sp³-hybridized carbons (Fsp3) is 0.571. The van der Waals surface area contributed by atoms with Gasteiger partial charge in [-0.3, -0.25) is 0 Å². The lowest BCUT2D eigenvalue weighted by molar-refractivity contribution is 0.474. The molecule has 0 aliphatic rings. The average molecular weight is 236 g/mol. The van der Waals surface area contributed by atoms with Gasteiger partial charge in [-0.15, -0.1) is 0 Å². The third-order valence-electron chi connectivity index (χ3n) is 2.03. The molecule has 0 aliphatic carbocycles. The maximum absolute atomic E-state index is 9.81. The minimum absolute atomic E-state index is 0.00990. The first kappa shape index (κ1) is 13.7. The fourth-order valence-electron chi connectivity index (χ4n) is 1.55. The Morgan fingerprint density at radius 1 is 0.882 bits per heavy atom. The summed E-state index contributed by atoms with van der Waals surface area (Å²) in [6.45, 7) is 12.5. The fourth-order valence-corrected chi connectivity index (χ4v) is 1.55. The van der Waals surface area contributed by atoms with E-state index in [2.05, 4.69) is 52.2 Å². The zero-order chi connectivity index (χ0) is 13.3. The van der Waals surface area contributed by atoms with Gasteiger partial charge in [-0.2, -0.15) is 0 Å². The summed E-state index contributed by atoms with van der Waals surface area (Å²) in [5.41, 5.74) is 1.70. The summed E-state index contributed by atoms with van der Waals surface area (Å²) in [7, 11) is 0. The van der Waals surface area contributed by atoms with Crippen molar-refractivity contribution < 1.29 is 5.11 Å². The van der Waals surface area contributed by atoms with Crippen molar-refractivity contribution in [2.45, 2.75) is 52.6 Å². The first-order valence-corrected chi connectivity index (χ1v) is 5.96. The van der Waals surface area contributed by atoms with Crippen LogP contribution in [0, 0.1) is 0 Å². The molecule has 0 atom stereocenters. The Labute approximate surface area is 104 Å². The third-order valence-corrected chi connectivity index (χ3v) is 2.03. The third kappa shape index (κ3) is 4.98. The molecule has 0 fully saturated rings. The van der Waals surface area contributed by atoms with E-state index in [-0.39, 0.29) is 16.8 Å². The Hall–Kier alpha value is -1.38. The van der Waals surface area contributed by atoms with Crippen LogP contribution in [0.2, 0.25) is 0 Å². The van der Waals surface area contributed by atoms with Gasteiger partial charge in [0.05, 0.1) is 5.69 Å². The van der Waals surface area contributed by atoms with Crippen molar-refractivity contribution in [2.24, 2.45) is 0 Å². The molecule has 0 saturated carbocycles. The molecule has 3 nitrogen and oxygen atoms in total. The van der Waals surface area contributed by atoms with E-state index >= 15 is 0 Å². The van der Waals surface area contributed by atoms with Gasteiger partial charge in [-0.1, -0.05) is 0 Å². The number of phenols is 1. The van der Waals surface area contributed by atoms with Crippen LogP contribution in [0.15, 0.2) is 18.2 Å². The molecule has 1 rings (SSSR count). The van der Waals surface area contributed by atoms with E-state index in [1.54, 1.807) is 6.07 Å². The smallest absolute Gasteiger partial charge is 0.138 e. The second kappa shape index (κ2) is 4.47. The predicted octanol–water partition coefficient (Wildman–Crippen LogP) is 3.81. The molecule has 0 amide bonds. The Kier molecular flexibility index (Phi) is 3.60. The van der Waals surface area contributed by atoms with E-state index < -0.39 is 0 Å². The zero-order valence-electron chi connectivity index (χ0n) is 11.7. The predicted molar refractivity (Wildman–Crippen MR) is 74.9 cm³/mol. The Balaban J connectivity index is 2.95. The van der Waals surface area contributed by atoms with Crippen molar-refractivity contribution in [1.82, 2.24) is 0 Å². The summed E-state index contributed by atoms with van der Waals surface area (Å²) in [6, 6.07) is 5.53. The summed E-state index contributed by atoms with van der Waals surface area (Å²) in [5.74, 6) is 0.277. The van der Waals surface area contributed by atoms with Crippen LogP contribution < -0.4 is 10.6 Å². The lowest BCUT2D eigenvalue weighted by Crippen LogP contribution is -2.27. The average Bonchev–Trinajstić information content (AvgIpc) is 2.05. The molecule has 1 aromatic rings. The topological polar surface area (TPSA) is 44.3 Å². The lowest BCUT2D eigenvalue weighted by Gasteiger charge is -2.25. The SMILES string of the molecule is CC(C)(C)Nc1ccc(O)c(NC(C)(C)C)c1. The number of nitrogens with one attached hydrogen (secondary N) is 2. The van der Waals surface area contributed by atoms with Crippen LogP contribution in [0.25, 0.3) is 0 Å². The van der Waals surface area contributed by atoms with Crippen LogP contribution in [0.1, 0.15) is 41.5 Å². The van der Waals surface area contributed by atoms with Gasteiger partial charge in [0, 0.05) is 16.8 Å². The van der Waals surface area contributed by atoms with Gasteiger partial charge in [0.2, 0.25) is 0 Å². The van der Waals surface area contributed by atoms with Crippen molar-refractivity contribution in [3.05, 3.63) is 18.2 Å². The Morgan fingerprint density at radius 2 is 1.41 bits per heavy atom. The van der Waals surface area contributed by atoms with Crippen molar-refractivity contribution in [1.29, 1.82) is 0 Å². The first-order chi connectivity index (χ1) is 7.57. The molecule has 17 heavy (non-hydrogen) atoms. The van der Waals surface area contributed by atoms with Crippen molar-refractivity contribution in [3.63, 3.8) is 0 Å². The highest BCUT2D eigenvalue weighted by Crippen LogP contribution is 2.30. The van der Waals surface area contributed by atoms with Crippen molar-refractivity contribution >= 4 is 11.4 Å². The first-order valence-electron chi connectivity index (χ1n) is 5.96. The van der Waals surface area contributed by atoms with Gasteiger partial charge in [0.25, 0.3) is 0 Å². The van der Waals surface area contributed by atoms with Crippen LogP contribution in [0.5, 0.6) is 5.75 Å². The monoisotopic (exact) mass is 236 g/mol. The van der Waals surface area contributed by atoms with Gasteiger partial charge >= 0.3 is 0 Å². The Bertz CT molecular complexity index is 386.